The summed E-state index contributed by atoms with van der Waals surface area (Å²) in [5.41, 5.74) is 0.520. The minimum absolute atomic E-state index is 0.194. The number of hydrogen-bond acceptors (Lipinski definition) is 7. The summed E-state index contributed by atoms with van der Waals surface area (Å²) in [5, 5.41) is 15.1. The molecule has 1 aliphatic heterocycles. The Hall–Kier alpha value is -2.62. The third-order valence-electron chi connectivity index (χ3n) is 4.40. The SMILES string of the molecule is CCn1c(N2CCNCC2)nc2nc(NC(C)C(=O)O)n(C)c(=O)c21. The average Bonchev–Trinajstić information content (AvgIpc) is 2.98. The minimum atomic E-state index is -1.02. The standard InChI is InChI=1S/C15H23N7O3/c1-4-22-10-11(19-15(22)21-7-5-16-6-8-21)18-14(20(3)12(10)23)17-9(2)13(24)25/h9,16H,4-8H2,1-3H3,(H,17,18)(H,24,25). The van der Waals surface area contributed by atoms with Crippen molar-refractivity contribution < 1.29 is 9.90 Å². The highest BCUT2D eigenvalue weighted by Gasteiger charge is 2.23. The van der Waals surface area contributed by atoms with Crippen molar-refractivity contribution in [1.82, 2.24) is 24.4 Å². The fourth-order valence-corrected chi connectivity index (χ4v) is 2.94. The zero-order valence-electron chi connectivity index (χ0n) is 14.6. The lowest BCUT2D eigenvalue weighted by Crippen LogP contribution is -2.44. The largest absolute Gasteiger partial charge is 0.480 e. The summed E-state index contributed by atoms with van der Waals surface area (Å²) in [7, 11) is 1.57. The van der Waals surface area contributed by atoms with Crippen LogP contribution < -0.4 is 21.1 Å². The molecule has 136 valence electrons. The summed E-state index contributed by atoms with van der Waals surface area (Å²) in [5.74, 6) is -0.0954. The van der Waals surface area contributed by atoms with E-state index in [9.17, 15) is 9.59 Å². The monoisotopic (exact) mass is 349 g/mol. The maximum absolute atomic E-state index is 12.8. The molecule has 10 heteroatoms. The molecule has 1 saturated heterocycles. The summed E-state index contributed by atoms with van der Waals surface area (Å²) < 4.78 is 3.21. The Balaban J connectivity index is 2.11. The molecule has 1 fully saturated rings. The zero-order chi connectivity index (χ0) is 18.1. The molecule has 2 aromatic rings. The van der Waals surface area contributed by atoms with E-state index in [4.69, 9.17) is 5.11 Å². The first-order valence-corrected chi connectivity index (χ1v) is 8.36. The molecular weight excluding hydrogens is 326 g/mol. The van der Waals surface area contributed by atoms with Crippen molar-refractivity contribution in [2.75, 3.05) is 36.4 Å². The molecule has 1 aliphatic rings. The number of piperazine rings is 1. The number of fused-ring (bicyclic) bond motifs is 1. The molecule has 1 atom stereocenters. The Morgan fingerprint density at radius 2 is 2.04 bits per heavy atom. The van der Waals surface area contributed by atoms with E-state index in [-0.39, 0.29) is 11.5 Å². The van der Waals surface area contributed by atoms with Crippen molar-refractivity contribution in [3.8, 4) is 0 Å². The van der Waals surface area contributed by atoms with Crippen molar-refractivity contribution in [2.45, 2.75) is 26.4 Å². The summed E-state index contributed by atoms with van der Waals surface area (Å²) in [4.78, 5) is 35.0. The first-order valence-electron chi connectivity index (χ1n) is 8.36. The number of carboxylic acid groups (broad SMARTS) is 1. The van der Waals surface area contributed by atoms with Gasteiger partial charge in [0.2, 0.25) is 11.9 Å². The van der Waals surface area contributed by atoms with Gasteiger partial charge in [0.05, 0.1) is 0 Å². The van der Waals surface area contributed by atoms with Gasteiger partial charge < -0.3 is 25.2 Å². The second kappa shape index (κ2) is 6.71. The van der Waals surface area contributed by atoms with E-state index in [0.29, 0.717) is 17.7 Å². The van der Waals surface area contributed by atoms with Gasteiger partial charge in [-0.1, -0.05) is 0 Å². The molecule has 0 bridgehead atoms. The number of rotatable bonds is 5. The second-order valence-corrected chi connectivity index (χ2v) is 6.07. The van der Waals surface area contributed by atoms with E-state index < -0.39 is 12.0 Å². The number of aryl methyl sites for hydroxylation is 1. The number of nitrogens with one attached hydrogen (secondary N) is 2. The predicted octanol–water partition coefficient (Wildman–Crippen LogP) is -0.555. The third kappa shape index (κ3) is 3.04. The number of aromatic nitrogens is 4. The zero-order valence-corrected chi connectivity index (χ0v) is 14.6. The lowest BCUT2D eigenvalue weighted by Gasteiger charge is -2.28. The van der Waals surface area contributed by atoms with Crippen molar-refractivity contribution >= 4 is 29.0 Å². The van der Waals surface area contributed by atoms with Gasteiger partial charge in [-0.25, -0.2) is 0 Å². The summed E-state index contributed by atoms with van der Waals surface area (Å²) >= 11 is 0. The van der Waals surface area contributed by atoms with Gasteiger partial charge in [0, 0.05) is 39.8 Å². The molecule has 0 amide bonds. The molecule has 1 unspecified atom stereocenters. The van der Waals surface area contributed by atoms with Gasteiger partial charge in [-0.2, -0.15) is 9.97 Å². The molecule has 0 spiro atoms. The molecule has 3 N–H and O–H groups in total. The normalized spacial score (nSPS) is 16.2. The smallest absolute Gasteiger partial charge is 0.325 e. The van der Waals surface area contributed by atoms with Gasteiger partial charge in [-0.15, -0.1) is 0 Å². The molecule has 0 radical (unpaired) electrons. The fourth-order valence-electron chi connectivity index (χ4n) is 2.94. The summed E-state index contributed by atoms with van der Waals surface area (Å²) in [6.45, 7) is 7.41. The van der Waals surface area contributed by atoms with E-state index in [1.54, 1.807) is 7.05 Å². The van der Waals surface area contributed by atoms with E-state index in [0.717, 1.165) is 32.1 Å². The first kappa shape index (κ1) is 17.2. The lowest BCUT2D eigenvalue weighted by molar-refractivity contribution is -0.137. The molecule has 25 heavy (non-hydrogen) atoms. The van der Waals surface area contributed by atoms with Crippen LogP contribution >= 0.6 is 0 Å². The quantitative estimate of drug-likeness (QED) is 0.658. The van der Waals surface area contributed by atoms with Crippen LogP contribution in [0.15, 0.2) is 4.79 Å². The van der Waals surface area contributed by atoms with Gasteiger partial charge in [0.15, 0.2) is 11.2 Å². The maximum atomic E-state index is 12.8. The van der Waals surface area contributed by atoms with Crippen LogP contribution in [0.1, 0.15) is 13.8 Å². The number of carboxylic acids is 1. The highest BCUT2D eigenvalue weighted by molar-refractivity contribution is 5.78. The number of hydrogen-bond donors (Lipinski definition) is 3. The van der Waals surface area contributed by atoms with Gasteiger partial charge in [-0.05, 0) is 13.8 Å². The Kier molecular flexibility index (Phi) is 4.62. The Labute approximate surface area is 144 Å². The van der Waals surface area contributed by atoms with Crippen LogP contribution in [0.2, 0.25) is 0 Å². The Morgan fingerprint density at radius 1 is 1.36 bits per heavy atom. The lowest BCUT2D eigenvalue weighted by atomic mass is 10.3. The molecule has 10 nitrogen and oxygen atoms in total. The van der Waals surface area contributed by atoms with Gasteiger partial charge in [0.25, 0.3) is 5.56 Å². The van der Waals surface area contributed by atoms with Gasteiger partial charge in [-0.3, -0.25) is 14.2 Å². The van der Waals surface area contributed by atoms with E-state index in [2.05, 4.69) is 25.5 Å². The van der Waals surface area contributed by atoms with Crippen LogP contribution in [0.25, 0.3) is 11.2 Å². The molecule has 0 saturated carbocycles. The topological polar surface area (TPSA) is 117 Å². The first-order chi connectivity index (χ1) is 11.9. The van der Waals surface area contributed by atoms with Crippen LogP contribution in [-0.4, -0.2) is 62.4 Å². The average molecular weight is 349 g/mol. The predicted molar refractivity (Wildman–Crippen MR) is 94.2 cm³/mol. The molecule has 3 rings (SSSR count). The maximum Gasteiger partial charge on any atom is 0.325 e. The van der Waals surface area contributed by atoms with Crippen molar-refractivity contribution in [3.05, 3.63) is 10.4 Å². The molecule has 3 heterocycles. The number of aliphatic carboxylic acids is 1. The molecule has 2 aromatic heterocycles. The van der Waals surface area contributed by atoms with E-state index in [1.165, 1.54) is 11.5 Å². The number of imidazole rings is 1. The van der Waals surface area contributed by atoms with E-state index >= 15 is 0 Å². The van der Waals surface area contributed by atoms with Crippen LogP contribution in [0.3, 0.4) is 0 Å². The van der Waals surface area contributed by atoms with Crippen LogP contribution in [0, 0.1) is 0 Å². The van der Waals surface area contributed by atoms with E-state index in [1.807, 2.05) is 11.5 Å². The fraction of sp³-hybridized carbons (Fsp3) is 0.600. The number of nitrogens with zero attached hydrogens (tertiary/aromatic N) is 5. The van der Waals surface area contributed by atoms with Crippen LogP contribution in [0.4, 0.5) is 11.9 Å². The minimum Gasteiger partial charge on any atom is -0.480 e. The number of carbonyl (C=O) groups is 1. The Bertz CT molecular complexity index is 851. The Morgan fingerprint density at radius 3 is 2.64 bits per heavy atom. The second-order valence-electron chi connectivity index (χ2n) is 6.07. The summed E-state index contributed by atoms with van der Waals surface area (Å²) in [6.07, 6.45) is 0. The van der Waals surface area contributed by atoms with Crippen molar-refractivity contribution in [2.24, 2.45) is 7.05 Å². The van der Waals surface area contributed by atoms with Crippen molar-refractivity contribution in [1.29, 1.82) is 0 Å². The third-order valence-corrected chi connectivity index (χ3v) is 4.40. The van der Waals surface area contributed by atoms with Gasteiger partial charge in [0.1, 0.15) is 6.04 Å². The highest BCUT2D eigenvalue weighted by atomic mass is 16.4. The van der Waals surface area contributed by atoms with Crippen LogP contribution in [-0.2, 0) is 18.4 Å². The van der Waals surface area contributed by atoms with Crippen molar-refractivity contribution in [3.63, 3.8) is 0 Å². The van der Waals surface area contributed by atoms with Gasteiger partial charge >= 0.3 is 5.97 Å². The van der Waals surface area contributed by atoms with Crippen LogP contribution in [0.5, 0.6) is 0 Å². The highest BCUT2D eigenvalue weighted by Crippen LogP contribution is 2.21. The summed E-state index contributed by atoms with van der Waals surface area (Å²) in [6, 6.07) is -0.864. The molecule has 0 aliphatic carbocycles. The molecule has 0 aromatic carbocycles. The molecular formula is C15H23N7O3. The number of anilines is 2.